The Hall–Kier alpha value is -1.67. The van der Waals surface area contributed by atoms with Gasteiger partial charge in [0.05, 0.1) is 5.69 Å². The van der Waals surface area contributed by atoms with Gasteiger partial charge in [-0.3, -0.25) is 4.98 Å². The van der Waals surface area contributed by atoms with Gasteiger partial charge >= 0.3 is 12.1 Å². The summed E-state index contributed by atoms with van der Waals surface area (Å²) >= 11 is 3.39. The molecule has 1 N–H and O–H groups in total. The van der Waals surface area contributed by atoms with E-state index in [1.165, 1.54) is 0 Å². The van der Waals surface area contributed by atoms with Crippen LogP contribution in [0.3, 0.4) is 0 Å². The van der Waals surface area contributed by atoms with Crippen LogP contribution in [-0.4, -0.2) is 51.3 Å². The Bertz CT molecular complexity index is 717. The average Bonchev–Trinajstić information content (AvgIpc) is 2.58. The number of hydrogen-bond acceptors (Lipinski definition) is 5. The monoisotopic (exact) mass is 454 g/mol. The number of ether oxygens (including phenoxy) is 2. The highest BCUT2D eigenvalue weighted by Crippen LogP contribution is 2.46. The molecule has 1 amide bonds. The molecule has 0 aromatic carbocycles. The number of nitrogens with zero attached hydrogens (tertiary/aromatic N) is 2. The summed E-state index contributed by atoms with van der Waals surface area (Å²) in [5.74, 6) is -1.02. The summed E-state index contributed by atoms with van der Waals surface area (Å²) in [6.07, 6.45) is 5.09. The van der Waals surface area contributed by atoms with E-state index in [0.29, 0.717) is 18.5 Å². The molecule has 1 aromatic heterocycles. The molecule has 0 aliphatic carbocycles. The first kappa shape index (κ1) is 21.0. The summed E-state index contributed by atoms with van der Waals surface area (Å²) < 4.78 is 12.4. The highest BCUT2D eigenvalue weighted by Gasteiger charge is 2.51. The van der Waals surface area contributed by atoms with Crippen LogP contribution in [0, 0.1) is 0 Å². The number of fused-ring (bicyclic) bond motifs is 2. The minimum Gasteiger partial charge on any atom is -0.480 e. The third-order valence-electron chi connectivity index (χ3n) is 5.26. The first-order valence-corrected chi connectivity index (χ1v) is 10.4. The molecular weight excluding hydrogens is 428 g/mol. The van der Waals surface area contributed by atoms with Crippen molar-refractivity contribution in [3.8, 4) is 0 Å². The van der Waals surface area contributed by atoms with E-state index in [1.54, 1.807) is 6.20 Å². The number of carboxylic acids is 1. The van der Waals surface area contributed by atoms with E-state index in [2.05, 4.69) is 20.9 Å². The van der Waals surface area contributed by atoms with E-state index in [0.717, 1.165) is 23.7 Å². The number of rotatable bonds is 4. The second kappa shape index (κ2) is 7.99. The van der Waals surface area contributed by atoms with Gasteiger partial charge in [0.2, 0.25) is 0 Å². The lowest BCUT2D eigenvalue weighted by molar-refractivity contribution is -0.165. The van der Waals surface area contributed by atoms with Crippen LogP contribution < -0.4 is 0 Å². The topological polar surface area (TPSA) is 89.0 Å². The minimum atomic E-state index is -1.02. The summed E-state index contributed by atoms with van der Waals surface area (Å²) in [4.78, 5) is 30.4. The lowest BCUT2D eigenvalue weighted by Gasteiger charge is -2.52. The number of hydrogen-bond donors (Lipinski definition) is 1. The highest BCUT2D eigenvalue weighted by molar-refractivity contribution is 9.10. The second-order valence-corrected chi connectivity index (χ2v) is 9.49. The molecule has 154 valence electrons. The predicted molar refractivity (Wildman–Crippen MR) is 106 cm³/mol. The number of amides is 1. The fraction of sp³-hybridized carbons (Fsp3) is 0.650. The fourth-order valence-corrected chi connectivity index (χ4v) is 4.50. The zero-order valence-corrected chi connectivity index (χ0v) is 18.1. The van der Waals surface area contributed by atoms with Crippen molar-refractivity contribution in [3.05, 3.63) is 28.5 Å². The van der Waals surface area contributed by atoms with Gasteiger partial charge in [0.25, 0.3) is 0 Å². The van der Waals surface area contributed by atoms with Crippen LogP contribution in [-0.2, 0) is 19.9 Å². The van der Waals surface area contributed by atoms with Gasteiger partial charge < -0.3 is 19.5 Å². The molecule has 2 saturated heterocycles. The standard InChI is InChI=1S/C20H27BrN2O5/c1-19(2,3)28-18(26)23-14-5-4-6-15(23)10-20(9-14,27-12-17(24)25)16-8-7-13(21)11-22-16/h7-8,11,14-15H,4-6,9-10,12H2,1-3H3,(H,24,25). The van der Waals surface area contributed by atoms with Crippen LogP contribution in [0.1, 0.15) is 58.6 Å². The number of aliphatic carboxylic acids is 1. The summed E-state index contributed by atoms with van der Waals surface area (Å²) in [5, 5.41) is 9.18. The highest BCUT2D eigenvalue weighted by atomic mass is 79.9. The van der Waals surface area contributed by atoms with E-state index in [9.17, 15) is 14.7 Å². The molecule has 2 aliphatic rings. The van der Waals surface area contributed by atoms with Crippen molar-refractivity contribution < 1.29 is 24.2 Å². The van der Waals surface area contributed by atoms with E-state index in [1.807, 2.05) is 37.8 Å². The lowest BCUT2D eigenvalue weighted by Crippen LogP contribution is -2.60. The maximum atomic E-state index is 12.8. The normalized spacial score (nSPS) is 27.4. The molecule has 2 fully saturated rings. The van der Waals surface area contributed by atoms with E-state index >= 15 is 0 Å². The van der Waals surface area contributed by atoms with Crippen LogP contribution >= 0.6 is 15.9 Å². The Morgan fingerprint density at radius 1 is 1.29 bits per heavy atom. The van der Waals surface area contributed by atoms with Crippen LogP contribution in [0.4, 0.5) is 4.79 Å². The van der Waals surface area contributed by atoms with Crippen molar-refractivity contribution in [2.24, 2.45) is 0 Å². The van der Waals surface area contributed by atoms with Crippen molar-refractivity contribution in [1.29, 1.82) is 0 Å². The molecule has 2 bridgehead atoms. The first-order valence-electron chi connectivity index (χ1n) is 9.59. The molecule has 3 heterocycles. The number of carbonyl (C=O) groups excluding carboxylic acids is 1. The molecule has 7 nitrogen and oxygen atoms in total. The number of carboxylic acid groups (broad SMARTS) is 1. The number of carbonyl (C=O) groups is 2. The molecule has 0 radical (unpaired) electrons. The minimum absolute atomic E-state index is 0.0680. The number of piperidine rings is 2. The van der Waals surface area contributed by atoms with Crippen LogP contribution in [0.25, 0.3) is 0 Å². The van der Waals surface area contributed by atoms with Gasteiger partial charge in [-0.25, -0.2) is 9.59 Å². The summed E-state index contributed by atoms with van der Waals surface area (Å²) in [6.45, 7) is 5.17. The molecule has 2 unspecified atom stereocenters. The summed E-state index contributed by atoms with van der Waals surface area (Å²) in [7, 11) is 0. The Balaban J connectivity index is 1.91. The van der Waals surface area contributed by atoms with Crippen molar-refractivity contribution >= 4 is 28.0 Å². The molecule has 2 aliphatic heterocycles. The fourth-order valence-electron chi connectivity index (χ4n) is 4.27. The van der Waals surface area contributed by atoms with Gasteiger partial charge in [0.15, 0.2) is 0 Å². The van der Waals surface area contributed by atoms with Crippen molar-refractivity contribution in [2.75, 3.05) is 6.61 Å². The van der Waals surface area contributed by atoms with Crippen molar-refractivity contribution in [1.82, 2.24) is 9.88 Å². The van der Waals surface area contributed by atoms with E-state index < -0.39 is 23.8 Å². The van der Waals surface area contributed by atoms with Gasteiger partial charge in [-0.15, -0.1) is 0 Å². The molecule has 1 aromatic rings. The zero-order chi connectivity index (χ0) is 20.5. The number of pyridine rings is 1. The van der Waals surface area contributed by atoms with E-state index in [4.69, 9.17) is 9.47 Å². The maximum Gasteiger partial charge on any atom is 0.410 e. The Morgan fingerprint density at radius 2 is 1.93 bits per heavy atom. The van der Waals surface area contributed by atoms with Gasteiger partial charge in [-0.1, -0.05) is 0 Å². The molecule has 2 atom stereocenters. The average molecular weight is 455 g/mol. The van der Waals surface area contributed by atoms with Crippen LogP contribution in [0.2, 0.25) is 0 Å². The van der Waals surface area contributed by atoms with Gasteiger partial charge in [0, 0.05) is 35.6 Å². The van der Waals surface area contributed by atoms with Crippen molar-refractivity contribution in [3.63, 3.8) is 0 Å². The van der Waals surface area contributed by atoms with Gasteiger partial charge in [0.1, 0.15) is 17.8 Å². The Morgan fingerprint density at radius 3 is 2.43 bits per heavy atom. The van der Waals surface area contributed by atoms with E-state index in [-0.39, 0.29) is 18.2 Å². The Kier molecular flexibility index (Phi) is 6.00. The summed E-state index contributed by atoms with van der Waals surface area (Å²) in [5.41, 5.74) is -0.682. The van der Waals surface area contributed by atoms with Crippen LogP contribution in [0.15, 0.2) is 22.8 Å². The lowest BCUT2D eigenvalue weighted by atomic mass is 9.74. The quantitative estimate of drug-likeness (QED) is 0.736. The largest absolute Gasteiger partial charge is 0.480 e. The third kappa shape index (κ3) is 4.66. The maximum absolute atomic E-state index is 12.8. The van der Waals surface area contributed by atoms with Crippen molar-refractivity contribution in [2.45, 2.75) is 76.2 Å². The zero-order valence-electron chi connectivity index (χ0n) is 16.5. The predicted octanol–water partition coefficient (Wildman–Crippen LogP) is 4.09. The van der Waals surface area contributed by atoms with Crippen LogP contribution in [0.5, 0.6) is 0 Å². The molecule has 0 spiro atoms. The summed E-state index contributed by atoms with van der Waals surface area (Å²) in [6, 6.07) is 3.61. The van der Waals surface area contributed by atoms with Gasteiger partial charge in [-0.2, -0.15) is 0 Å². The smallest absolute Gasteiger partial charge is 0.410 e. The molecule has 3 rings (SSSR count). The second-order valence-electron chi connectivity index (χ2n) is 8.57. The SMILES string of the molecule is CC(C)(C)OC(=O)N1C2CCCC1CC(OCC(=O)O)(c1ccc(Br)cn1)C2. The first-order chi connectivity index (χ1) is 13.1. The van der Waals surface area contributed by atoms with Gasteiger partial charge in [-0.05, 0) is 68.1 Å². The molecule has 28 heavy (non-hydrogen) atoms. The molecule has 8 heteroatoms. The number of halogens is 1. The Labute approximate surface area is 173 Å². The molecule has 0 saturated carbocycles. The third-order valence-corrected chi connectivity index (χ3v) is 5.73. The molecular formula is C20H27BrN2O5. The number of aromatic nitrogens is 1.